The molecule has 0 bridgehead atoms. The molecule has 1 unspecified atom stereocenters. The number of nitrogens with zero attached hydrogens (tertiary/aromatic N) is 2. The first-order valence-electron chi connectivity index (χ1n) is 10.1. The molecule has 1 aromatic carbocycles. The number of anilines is 1. The number of rotatable bonds is 6. The Hall–Kier alpha value is -2.93. The van der Waals surface area contributed by atoms with Gasteiger partial charge in [-0.3, -0.25) is 14.2 Å². The SMILES string of the molecule is CC(=O)NS(=O)(=O)Cn1cc(S(=N)(=O)NC(=O)Nc2c3c(cc4c2CCC4)CCC3)cn1. The highest BCUT2D eigenvalue weighted by atomic mass is 32.2. The van der Waals surface area contributed by atoms with Crippen LogP contribution < -0.4 is 14.8 Å². The van der Waals surface area contributed by atoms with Crippen molar-refractivity contribution in [3.63, 3.8) is 0 Å². The number of nitrogens with one attached hydrogen (secondary N) is 4. The summed E-state index contributed by atoms with van der Waals surface area (Å²) in [4.78, 5) is 23.5. The molecule has 1 heterocycles. The van der Waals surface area contributed by atoms with Gasteiger partial charge in [0.25, 0.3) is 10.0 Å². The number of aromatic nitrogens is 2. The number of fused-ring (bicyclic) bond motifs is 2. The molecular formula is C19H24N6O5S2. The molecule has 2 aliphatic rings. The van der Waals surface area contributed by atoms with E-state index in [1.54, 1.807) is 4.72 Å². The Kier molecular flexibility index (Phi) is 5.71. The van der Waals surface area contributed by atoms with Crippen LogP contribution >= 0.6 is 0 Å². The molecule has 11 nitrogen and oxygen atoms in total. The van der Waals surface area contributed by atoms with Crippen LogP contribution in [-0.4, -0.2) is 34.3 Å². The van der Waals surface area contributed by atoms with Gasteiger partial charge >= 0.3 is 6.03 Å². The van der Waals surface area contributed by atoms with E-state index < -0.39 is 37.8 Å². The van der Waals surface area contributed by atoms with Gasteiger partial charge in [-0.2, -0.15) is 5.10 Å². The number of urea groups is 1. The summed E-state index contributed by atoms with van der Waals surface area (Å²) in [5.74, 6) is -1.45. The number of carbonyl (C=O) groups excluding carboxylic acids is 2. The van der Waals surface area contributed by atoms with Gasteiger partial charge in [0, 0.05) is 18.8 Å². The zero-order valence-corrected chi connectivity index (χ0v) is 19.1. The number of carbonyl (C=O) groups is 2. The second-order valence-electron chi connectivity index (χ2n) is 7.96. The molecule has 1 atom stereocenters. The fourth-order valence-corrected chi connectivity index (χ4v) is 6.17. The summed E-state index contributed by atoms with van der Waals surface area (Å²) in [6, 6.07) is 1.46. The lowest BCUT2D eigenvalue weighted by atomic mass is 9.99. The highest BCUT2D eigenvalue weighted by molar-refractivity contribution is 7.91. The molecule has 0 saturated heterocycles. The van der Waals surface area contributed by atoms with Crippen LogP contribution in [-0.2, 0) is 56.3 Å². The maximum absolute atomic E-state index is 12.8. The smallest absolute Gasteiger partial charge is 0.307 e. The van der Waals surface area contributed by atoms with Crippen molar-refractivity contribution in [2.45, 2.75) is 56.2 Å². The minimum atomic E-state index is -3.99. The van der Waals surface area contributed by atoms with E-state index in [2.05, 4.69) is 21.2 Å². The average Bonchev–Trinajstić information content (AvgIpc) is 3.39. The molecule has 0 spiro atoms. The van der Waals surface area contributed by atoms with Crippen LogP contribution in [0, 0.1) is 4.78 Å². The van der Waals surface area contributed by atoms with Crippen molar-refractivity contribution < 1.29 is 22.2 Å². The molecular weight excluding hydrogens is 456 g/mol. The van der Waals surface area contributed by atoms with Crippen molar-refractivity contribution in [2.75, 3.05) is 5.32 Å². The Bertz CT molecular complexity index is 1280. The molecule has 13 heteroatoms. The first-order chi connectivity index (χ1) is 15.0. The van der Waals surface area contributed by atoms with E-state index in [1.165, 1.54) is 11.1 Å². The first-order valence-corrected chi connectivity index (χ1v) is 13.3. The molecule has 172 valence electrons. The van der Waals surface area contributed by atoms with Crippen LogP contribution in [0.1, 0.15) is 42.0 Å². The van der Waals surface area contributed by atoms with Gasteiger partial charge in [0.15, 0.2) is 15.8 Å². The van der Waals surface area contributed by atoms with Gasteiger partial charge < -0.3 is 5.32 Å². The van der Waals surface area contributed by atoms with Crippen molar-refractivity contribution in [1.29, 1.82) is 4.78 Å². The summed E-state index contributed by atoms with van der Waals surface area (Å²) in [7, 11) is -7.79. The third kappa shape index (κ3) is 4.63. The van der Waals surface area contributed by atoms with Gasteiger partial charge in [0.05, 0.1) is 6.20 Å². The molecule has 0 fully saturated rings. The second kappa shape index (κ2) is 8.20. The van der Waals surface area contributed by atoms with E-state index in [4.69, 9.17) is 4.78 Å². The van der Waals surface area contributed by atoms with Gasteiger partial charge in [-0.1, -0.05) is 6.07 Å². The van der Waals surface area contributed by atoms with Crippen molar-refractivity contribution in [3.8, 4) is 0 Å². The Labute approximate surface area is 186 Å². The minimum absolute atomic E-state index is 0.158. The minimum Gasteiger partial charge on any atom is -0.307 e. The highest BCUT2D eigenvalue weighted by Gasteiger charge is 2.26. The summed E-state index contributed by atoms with van der Waals surface area (Å²) < 4.78 is 49.5. The largest absolute Gasteiger partial charge is 0.331 e. The fraction of sp³-hybridized carbons (Fsp3) is 0.421. The lowest BCUT2D eigenvalue weighted by molar-refractivity contribution is -0.117. The third-order valence-electron chi connectivity index (χ3n) is 5.49. The van der Waals surface area contributed by atoms with Crippen LogP contribution in [0.4, 0.5) is 10.5 Å². The second-order valence-corrected chi connectivity index (χ2v) is 11.4. The van der Waals surface area contributed by atoms with Crippen molar-refractivity contribution in [1.82, 2.24) is 19.2 Å². The molecule has 4 rings (SSSR count). The lowest BCUT2D eigenvalue weighted by Gasteiger charge is -2.17. The standard InChI is InChI=1S/C19H24N6O5S2/c1-12(26)23-31(28,29)11-25-10-15(9-21-25)32(20,30)24-19(27)22-18-16-6-2-4-13(16)8-14-5-3-7-17(14)18/h8-10H,2-7,11H2,1H3,(H,23,26)(H3,20,22,24,27,30). The molecule has 2 aromatic rings. The van der Waals surface area contributed by atoms with E-state index in [0.717, 1.165) is 79.3 Å². The molecule has 0 aliphatic heterocycles. The van der Waals surface area contributed by atoms with Gasteiger partial charge in [0.1, 0.15) is 4.90 Å². The summed E-state index contributed by atoms with van der Waals surface area (Å²) in [6.07, 6.45) is 7.84. The Morgan fingerprint density at radius 1 is 1.06 bits per heavy atom. The Morgan fingerprint density at radius 3 is 2.28 bits per heavy atom. The Balaban J connectivity index is 1.49. The number of hydrogen-bond acceptors (Lipinski definition) is 7. The average molecular weight is 481 g/mol. The summed E-state index contributed by atoms with van der Waals surface area (Å²) in [5, 5.41) is 6.59. The van der Waals surface area contributed by atoms with Crippen LogP contribution in [0.3, 0.4) is 0 Å². The summed E-state index contributed by atoms with van der Waals surface area (Å²) in [6.45, 7) is 1.06. The van der Waals surface area contributed by atoms with Crippen LogP contribution in [0.2, 0.25) is 0 Å². The van der Waals surface area contributed by atoms with Gasteiger partial charge in [-0.15, -0.1) is 0 Å². The number of amides is 3. The van der Waals surface area contributed by atoms with Crippen LogP contribution in [0.25, 0.3) is 0 Å². The normalized spacial score (nSPS) is 16.7. The maximum Gasteiger partial charge on any atom is 0.331 e. The topological polar surface area (TPSA) is 163 Å². The first kappa shape index (κ1) is 22.3. The van der Waals surface area contributed by atoms with Crippen LogP contribution in [0.5, 0.6) is 0 Å². The third-order valence-corrected chi connectivity index (χ3v) is 8.04. The van der Waals surface area contributed by atoms with E-state index in [0.29, 0.717) is 0 Å². The predicted molar refractivity (Wildman–Crippen MR) is 117 cm³/mol. The number of sulfonamides is 1. The predicted octanol–water partition coefficient (Wildman–Crippen LogP) is 1.43. The van der Waals surface area contributed by atoms with Gasteiger partial charge in [-0.05, 0) is 60.8 Å². The summed E-state index contributed by atoms with van der Waals surface area (Å²) in [5.41, 5.74) is 5.43. The molecule has 3 amide bonds. The zero-order valence-electron chi connectivity index (χ0n) is 17.4. The molecule has 2 aliphatic carbocycles. The number of benzene rings is 1. The number of hydrogen-bond donors (Lipinski definition) is 4. The lowest BCUT2D eigenvalue weighted by Crippen LogP contribution is -2.34. The van der Waals surface area contributed by atoms with Crippen molar-refractivity contribution in [2.24, 2.45) is 0 Å². The fourth-order valence-electron chi connectivity index (χ4n) is 4.28. The quantitative estimate of drug-likeness (QED) is 0.488. The summed E-state index contributed by atoms with van der Waals surface area (Å²) >= 11 is 0. The number of aryl methyl sites for hydroxylation is 2. The molecule has 0 saturated carbocycles. The van der Waals surface area contributed by atoms with Crippen molar-refractivity contribution >= 4 is 37.6 Å². The monoisotopic (exact) mass is 480 g/mol. The zero-order chi connectivity index (χ0) is 23.1. The van der Waals surface area contributed by atoms with E-state index in [1.807, 2.05) is 0 Å². The highest BCUT2D eigenvalue weighted by Crippen LogP contribution is 2.38. The van der Waals surface area contributed by atoms with E-state index in [-0.39, 0.29) is 4.90 Å². The van der Waals surface area contributed by atoms with Crippen LogP contribution in [0.15, 0.2) is 23.4 Å². The Morgan fingerprint density at radius 2 is 1.69 bits per heavy atom. The molecule has 32 heavy (non-hydrogen) atoms. The maximum atomic E-state index is 12.8. The molecule has 4 N–H and O–H groups in total. The van der Waals surface area contributed by atoms with Gasteiger partial charge in [-0.25, -0.2) is 26.9 Å². The van der Waals surface area contributed by atoms with E-state index >= 15 is 0 Å². The van der Waals surface area contributed by atoms with E-state index in [9.17, 15) is 22.2 Å². The molecule has 0 radical (unpaired) electrons. The molecule has 1 aromatic heterocycles. The van der Waals surface area contributed by atoms with Crippen molar-refractivity contribution in [3.05, 3.63) is 40.7 Å². The van der Waals surface area contributed by atoms with Gasteiger partial charge in [0.2, 0.25) is 5.91 Å².